The lowest BCUT2D eigenvalue weighted by Crippen LogP contribution is -2.15. The van der Waals surface area contributed by atoms with E-state index < -0.39 is 0 Å². The molecule has 0 saturated carbocycles. The Morgan fingerprint density at radius 3 is 2.73 bits per heavy atom. The highest BCUT2D eigenvalue weighted by Crippen LogP contribution is 2.21. The fraction of sp³-hybridized carbons (Fsp3) is 0.583. The van der Waals surface area contributed by atoms with Crippen LogP contribution in [0.3, 0.4) is 0 Å². The third kappa shape index (κ3) is 4.08. The molecule has 1 aromatic heterocycles. The van der Waals surface area contributed by atoms with Crippen LogP contribution in [0.5, 0.6) is 5.75 Å². The second-order valence-corrected chi connectivity index (χ2v) is 4.44. The van der Waals surface area contributed by atoms with Crippen molar-refractivity contribution in [2.24, 2.45) is 5.92 Å². The van der Waals surface area contributed by atoms with Gasteiger partial charge in [0.2, 0.25) is 0 Å². The van der Waals surface area contributed by atoms with Crippen molar-refractivity contribution in [3.63, 3.8) is 0 Å². The Hall–Kier alpha value is -0.760. The van der Waals surface area contributed by atoms with Gasteiger partial charge in [0.15, 0.2) is 0 Å². The average Bonchev–Trinajstić information content (AvgIpc) is 2.17. The summed E-state index contributed by atoms with van der Waals surface area (Å²) < 4.78 is 5.80. The zero-order valence-corrected chi connectivity index (χ0v) is 10.3. The molecular formula is C12H18ClNO. The van der Waals surface area contributed by atoms with Crippen LogP contribution in [-0.4, -0.2) is 11.1 Å². The monoisotopic (exact) mass is 227 g/mol. The number of halogens is 1. The summed E-state index contributed by atoms with van der Waals surface area (Å²) in [6.45, 7) is 6.45. The van der Waals surface area contributed by atoms with Gasteiger partial charge in [-0.2, -0.15) is 0 Å². The van der Waals surface area contributed by atoms with Crippen LogP contribution in [0.25, 0.3) is 0 Å². The van der Waals surface area contributed by atoms with Gasteiger partial charge in [-0.05, 0) is 25.3 Å². The maximum atomic E-state index is 5.81. The molecule has 3 heteroatoms. The van der Waals surface area contributed by atoms with Gasteiger partial charge in [0, 0.05) is 11.8 Å². The first-order valence-electron chi connectivity index (χ1n) is 5.29. The lowest BCUT2D eigenvalue weighted by molar-refractivity contribution is 0.191. The van der Waals surface area contributed by atoms with Gasteiger partial charge in [0.25, 0.3) is 0 Å². The molecular weight excluding hydrogens is 210 g/mol. The van der Waals surface area contributed by atoms with Gasteiger partial charge < -0.3 is 4.74 Å². The molecule has 2 nitrogen and oxygen atoms in total. The molecule has 0 fully saturated rings. The highest BCUT2D eigenvalue weighted by molar-refractivity contribution is 6.17. The maximum absolute atomic E-state index is 5.81. The van der Waals surface area contributed by atoms with Crippen LogP contribution in [0.1, 0.15) is 32.8 Å². The van der Waals surface area contributed by atoms with Crippen molar-refractivity contribution in [3.8, 4) is 5.75 Å². The molecule has 0 bridgehead atoms. The third-order valence-electron chi connectivity index (χ3n) is 2.15. The van der Waals surface area contributed by atoms with Gasteiger partial charge in [-0.25, -0.2) is 0 Å². The highest BCUT2D eigenvalue weighted by atomic mass is 35.5. The quantitative estimate of drug-likeness (QED) is 0.717. The molecule has 1 aromatic rings. The van der Waals surface area contributed by atoms with E-state index in [1.165, 1.54) is 0 Å². The Morgan fingerprint density at radius 1 is 1.40 bits per heavy atom. The molecule has 1 heterocycles. The molecule has 0 aromatic carbocycles. The van der Waals surface area contributed by atoms with Crippen LogP contribution >= 0.6 is 11.6 Å². The predicted octanol–water partition coefficient (Wildman–Crippen LogP) is 3.63. The normalized spacial score (nSPS) is 12.9. The molecule has 1 unspecified atom stereocenters. The summed E-state index contributed by atoms with van der Waals surface area (Å²) in [6.07, 6.45) is 4.71. The largest absolute Gasteiger partial charge is 0.489 e. The average molecular weight is 228 g/mol. The summed E-state index contributed by atoms with van der Waals surface area (Å²) in [6, 6.07) is 1.89. The number of rotatable bonds is 5. The van der Waals surface area contributed by atoms with Gasteiger partial charge >= 0.3 is 0 Å². The zero-order valence-electron chi connectivity index (χ0n) is 9.53. The van der Waals surface area contributed by atoms with E-state index >= 15 is 0 Å². The molecule has 1 atom stereocenters. The van der Waals surface area contributed by atoms with Crippen molar-refractivity contribution in [1.29, 1.82) is 0 Å². The van der Waals surface area contributed by atoms with E-state index in [4.69, 9.17) is 16.3 Å². The van der Waals surface area contributed by atoms with Crippen molar-refractivity contribution in [1.82, 2.24) is 4.98 Å². The SMILES string of the molecule is CC(C)CC(C)Oc1cnccc1CCl. The summed E-state index contributed by atoms with van der Waals surface area (Å²) in [7, 11) is 0. The third-order valence-corrected chi connectivity index (χ3v) is 2.43. The van der Waals surface area contributed by atoms with Crippen molar-refractivity contribution in [2.75, 3.05) is 0 Å². The van der Waals surface area contributed by atoms with Crippen LogP contribution in [-0.2, 0) is 5.88 Å². The number of alkyl halides is 1. The van der Waals surface area contributed by atoms with Gasteiger partial charge in [-0.1, -0.05) is 13.8 Å². The van der Waals surface area contributed by atoms with Gasteiger partial charge in [-0.15, -0.1) is 11.6 Å². The topological polar surface area (TPSA) is 22.1 Å². The van der Waals surface area contributed by atoms with Crippen LogP contribution in [0.15, 0.2) is 18.5 Å². The number of hydrogen-bond donors (Lipinski definition) is 0. The summed E-state index contributed by atoms with van der Waals surface area (Å²) in [5.41, 5.74) is 1.00. The zero-order chi connectivity index (χ0) is 11.3. The fourth-order valence-corrected chi connectivity index (χ4v) is 1.77. The van der Waals surface area contributed by atoms with Crippen molar-refractivity contribution in [2.45, 2.75) is 39.2 Å². The maximum Gasteiger partial charge on any atom is 0.142 e. The lowest BCUT2D eigenvalue weighted by Gasteiger charge is -2.17. The summed E-state index contributed by atoms with van der Waals surface area (Å²) in [5.74, 6) is 1.91. The number of aromatic nitrogens is 1. The summed E-state index contributed by atoms with van der Waals surface area (Å²) >= 11 is 5.81. The number of ether oxygens (including phenoxy) is 1. The second kappa shape index (κ2) is 5.96. The Morgan fingerprint density at radius 2 is 2.13 bits per heavy atom. The molecule has 0 N–H and O–H groups in total. The van der Waals surface area contributed by atoms with Gasteiger partial charge in [0.1, 0.15) is 5.75 Å². The van der Waals surface area contributed by atoms with E-state index in [0.29, 0.717) is 11.8 Å². The molecule has 0 saturated heterocycles. The van der Waals surface area contributed by atoms with E-state index in [-0.39, 0.29) is 6.10 Å². The van der Waals surface area contributed by atoms with E-state index in [1.54, 1.807) is 12.4 Å². The van der Waals surface area contributed by atoms with Crippen LogP contribution < -0.4 is 4.74 Å². The lowest BCUT2D eigenvalue weighted by atomic mass is 10.1. The molecule has 0 aliphatic heterocycles. The first-order chi connectivity index (χ1) is 7.13. The van der Waals surface area contributed by atoms with Crippen LogP contribution in [0.2, 0.25) is 0 Å². The van der Waals surface area contributed by atoms with Crippen molar-refractivity contribution < 1.29 is 4.74 Å². The van der Waals surface area contributed by atoms with Gasteiger partial charge in [-0.3, -0.25) is 4.98 Å². The summed E-state index contributed by atoms with van der Waals surface area (Å²) in [5, 5.41) is 0. The molecule has 84 valence electrons. The minimum absolute atomic E-state index is 0.205. The number of pyridine rings is 1. The predicted molar refractivity (Wildman–Crippen MR) is 63.3 cm³/mol. The Labute approximate surface area is 96.6 Å². The molecule has 0 aliphatic carbocycles. The van der Waals surface area contributed by atoms with Crippen molar-refractivity contribution in [3.05, 3.63) is 24.0 Å². The van der Waals surface area contributed by atoms with Crippen LogP contribution in [0, 0.1) is 5.92 Å². The number of hydrogen-bond acceptors (Lipinski definition) is 2. The fourth-order valence-electron chi connectivity index (χ4n) is 1.55. The molecule has 15 heavy (non-hydrogen) atoms. The Balaban J connectivity index is 2.63. The molecule has 0 spiro atoms. The molecule has 0 radical (unpaired) electrons. The first-order valence-corrected chi connectivity index (χ1v) is 5.82. The van der Waals surface area contributed by atoms with E-state index in [1.807, 2.05) is 6.07 Å². The van der Waals surface area contributed by atoms with E-state index in [9.17, 15) is 0 Å². The Kier molecular flexibility index (Phi) is 4.89. The molecule has 0 amide bonds. The smallest absolute Gasteiger partial charge is 0.142 e. The van der Waals surface area contributed by atoms with Gasteiger partial charge in [0.05, 0.1) is 18.2 Å². The number of nitrogens with zero attached hydrogens (tertiary/aromatic N) is 1. The molecule has 0 aliphatic rings. The summed E-state index contributed by atoms with van der Waals surface area (Å²) in [4.78, 5) is 4.04. The van der Waals surface area contributed by atoms with E-state index in [0.717, 1.165) is 17.7 Å². The van der Waals surface area contributed by atoms with E-state index in [2.05, 4.69) is 25.8 Å². The van der Waals surface area contributed by atoms with Crippen molar-refractivity contribution >= 4 is 11.6 Å². The standard InChI is InChI=1S/C12H18ClNO/c1-9(2)6-10(3)15-12-8-14-5-4-11(12)7-13/h4-5,8-10H,6-7H2,1-3H3. The highest BCUT2D eigenvalue weighted by Gasteiger charge is 2.09. The molecule has 1 rings (SSSR count). The minimum Gasteiger partial charge on any atom is -0.489 e. The van der Waals surface area contributed by atoms with Crippen LogP contribution in [0.4, 0.5) is 0 Å². The minimum atomic E-state index is 0.205. The second-order valence-electron chi connectivity index (χ2n) is 4.18. The Bertz CT molecular complexity index is 301. The first kappa shape index (κ1) is 12.3.